The van der Waals surface area contributed by atoms with Crippen LogP contribution in [-0.2, 0) is 0 Å². The van der Waals surface area contributed by atoms with Crippen molar-refractivity contribution in [3.63, 3.8) is 0 Å². The van der Waals surface area contributed by atoms with Crippen molar-refractivity contribution in [2.24, 2.45) is 5.73 Å². The summed E-state index contributed by atoms with van der Waals surface area (Å²) in [5.41, 5.74) is 6.46. The number of hydrogen-bond donors (Lipinski definition) is 2. The maximum atomic E-state index is 12.0. The smallest absolute Gasteiger partial charge is 0.389 e. The van der Waals surface area contributed by atoms with Gasteiger partial charge in [0.2, 0.25) is 0 Å². The normalized spacial score (nSPS) is 11.2. The van der Waals surface area contributed by atoms with Crippen LogP contribution in [0.3, 0.4) is 0 Å². The van der Waals surface area contributed by atoms with Gasteiger partial charge in [-0.05, 0) is 18.6 Å². The highest BCUT2D eigenvalue weighted by molar-refractivity contribution is 7.80. The van der Waals surface area contributed by atoms with Gasteiger partial charge in [0.1, 0.15) is 17.4 Å². The van der Waals surface area contributed by atoms with Crippen LogP contribution in [0.5, 0.6) is 0 Å². The summed E-state index contributed by atoms with van der Waals surface area (Å²) in [6, 6.07) is 1.63. The first-order chi connectivity index (χ1) is 7.31. The van der Waals surface area contributed by atoms with E-state index in [2.05, 4.69) is 10.3 Å². The number of aryl methyl sites for hydroxylation is 1. The second-order valence-electron chi connectivity index (χ2n) is 3.18. The summed E-state index contributed by atoms with van der Waals surface area (Å²) in [5.74, 6) is 0.0600. The van der Waals surface area contributed by atoms with Crippen LogP contribution < -0.4 is 11.1 Å². The highest BCUT2D eigenvalue weighted by atomic mass is 32.1. The lowest BCUT2D eigenvalue weighted by Gasteiger charge is -2.13. The Morgan fingerprint density at radius 3 is 2.69 bits per heavy atom. The first-order valence-corrected chi connectivity index (χ1v) is 4.78. The van der Waals surface area contributed by atoms with E-state index in [1.54, 1.807) is 13.0 Å². The number of aromatic nitrogens is 1. The Morgan fingerprint density at radius 2 is 2.19 bits per heavy atom. The predicted molar refractivity (Wildman–Crippen MR) is 59.4 cm³/mol. The van der Waals surface area contributed by atoms with E-state index in [1.165, 1.54) is 6.20 Å². The van der Waals surface area contributed by atoms with Crippen LogP contribution >= 0.6 is 12.2 Å². The molecule has 0 saturated carbocycles. The largest absolute Gasteiger partial charge is 0.405 e. The molecule has 0 aliphatic carbocycles. The summed E-state index contributed by atoms with van der Waals surface area (Å²) in [4.78, 5) is 3.81. The minimum Gasteiger partial charge on any atom is -0.389 e. The molecule has 0 aliphatic rings. The van der Waals surface area contributed by atoms with Crippen molar-refractivity contribution in [3.05, 3.63) is 23.4 Å². The molecule has 0 saturated heterocycles. The van der Waals surface area contributed by atoms with Gasteiger partial charge in [-0.15, -0.1) is 0 Å². The van der Waals surface area contributed by atoms with E-state index in [0.717, 1.165) is 0 Å². The zero-order valence-corrected chi connectivity index (χ0v) is 9.25. The first kappa shape index (κ1) is 12.7. The summed E-state index contributed by atoms with van der Waals surface area (Å²) < 4.78 is 36.1. The number of hydrogen-bond acceptors (Lipinski definition) is 3. The quantitative estimate of drug-likeness (QED) is 0.804. The number of nitrogens with one attached hydrogen (secondary N) is 1. The average Bonchev–Trinajstić information content (AvgIpc) is 2.12. The lowest BCUT2D eigenvalue weighted by Crippen LogP contribution is -2.24. The fraction of sp³-hybridized carbons (Fsp3) is 0.333. The maximum absolute atomic E-state index is 12.0. The topological polar surface area (TPSA) is 50.9 Å². The van der Waals surface area contributed by atoms with Gasteiger partial charge in [-0.3, -0.25) is 0 Å². The minimum atomic E-state index is -4.31. The van der Waals surface area contributed by atoms with Gasteiger partial charge >= 0.3 is 6.18 Å². The Kier molecular flexibility index (Phi) is 3.69. The van der Waals surface area contributed by atoms with Crippen molar-refractivity contribution in [1.29, 1.82) is 0 Å². The zero-order chi connectivity index (χ0) is 12.3. The van der Waals surface area contributed by atoms with E-state index < -0.39 is 12.7 Å². The molecule has 16 heavy (non-hydrogen) atoms. The van der Waals surface area contributed by atoms with Gasteiger partial charge in [-0.1, -0.05) is 12.2 Å². The molecule has 0 radical (unpaired) electrons. The zero-order valence-electron chi connectivity index (χ0n) is 8.43. The standard InChI is InChI=1S/C9H10F3N3S/c1-5-2-3-14-8(6(5)7(13)16)15-4-9(10,11)12/h2-3H,4H2,1H3,(H2,13,16)(H,14,15). The Labute approximate surface area is 95.9 Å². The summed E-state index contributed by atoms with van der Waals surface area (Å²) in [5, 5.41) is 2.17. The highest BCUT2D eigenvalue weighted by Crippen LogP contribution is 2.19. The summed E-state index contributed by atoms with van der Waals surface area (Å²) in [7, 11) is 0. The van der Waals surface area contributed by atoms with Crippen LogP contribution in [0.4, 0.5) is 19.0 Å². The number of thiocarbonyl (C=S) groups is 1. The number of halogens is 3. The van der Waals surface area contributed by atoms with Crippen LogP contribution in [0.25, 0.3) is 0 Å². The van der Waals surface area contributed by atoms with Crippen molar-refractivity contribution in [1.82, 2.24) is 4.98 Å². The lowest BCUT2D eigenvalue weighted by atomic mass is 10.1. The van der Waals surface area contributed by atoms with Crippen molar-refractivity contribution >= 4 is 23.0 Å². The monoisotopic (exact) mass is 249 g/mol. The molecule has 7 heteroatoms. The van der Waals surface area contributed by atoms with Crippen LogP contribution in [-0.4, -0.2) is 22.7 Å². The number of nitrogens with two attached hydrogens (primary N) is 1. The van der Waals surface area contributed by atoms with E-state index >= 15 is 0 Å². The van der Waals surface area contributed by atoms with Crippen LogP contribution in [0.2, 0.25) is 0 Å². The first-order valence-electron chi connectivity index (χ1n) is 4.37. The van der Waals surface area contributed by atoms with Gasteiger partial charge in [0.15, 0.2) is 0 Å². The average molecular weight is 249 g/mol. The summed E-state index contributed by atoms with van der Waals surface area (Å²) in [6.45, 7) is 0.536. The minimum absolute atomic E-state index is 0.0234. The van der Waals surface area contributed by atoms with E-state index in [1.807, 2.05) is 0 Å². The molecule has 0 aromatic carbocycles. The molecule has 1 aromatic heterocycles. The van der Waals surface area contributed by atoms with Crippen LogP contribution in [0.1, 0.15) is 11.1 Å². The third-order valence-electron chi connectivity index (χ3n) is 1.86. The van der Waals surface area contributed by atoms with Gasteiger partial charge in [-0.2, -0.15) is 13.2 Å². The molecule has 3 N–H and O–H groups in total. The molecule has 0 amide bonds. The predicted octanol–water partition coefficient (Wildman–Crippen LogP) is 2.00. The third-order valence-corrected chi connectivity index (χ3v) is 2.07. The van der Waals surface area contributed by atoms with Gasteiger partial charge in [0.25, 0.3) is 0 Å². The van der Waals surface area contributed by atoms with Crippen molar-refractivity contribution in [3.8, 4) is 0 Å². The molecule has 88 valence electrons. The van der Waals surface area contributed by atoms with Crippen LogP contribution in [0, 0.1) is 6.92 Å². The molecule has 0 fully saturated rings. The Hall–Kier alpha value is -1.37. The second-order valence-corrected chi connectivity index (χ2v) is 3.62. The SMILES string of the molecule is Cc1ccnc(NCC(F)(F)F)c1C(N)=S. The number of alkyl halides is 3. The molecular formula is C9H10F3N3S. The Balaban J connectivity index is 2.96. The van der Waals surface area contributed by atoms with Crippen molar-refractivity contribution < 1.29 is 13.2 Å². The van der Waals surface area contributed by atoms with Gasteiger partial charge in [0, 0.05) is 6.20 Å². The maximum Gasteiger partial charge on any atom is 0.405 e. The molecule has 0 aliphatic heterocycles. The number of pyridine rings is 1. The Bertz CT molecular complexity index is 403. The van der Waals surface area contributed by atoms with Crippen molar-refractivity contribution in [2.75, 3.05) is 11.9 Å². The van der Waals surface area contributed by atoms with E-state index in [4.69, 9.17) is 18.0 Å². The van der Waals surface area contributed by atoms with Gasteiger partial charge in [0.05, 0.1) is 5.56 Å². The number of rotatable bonds is 3. The fourth-order valence-electron chi connectivity index (χ4n) is 1.19. The molecule has 0 bridgehead atoms. The third kappa shape index (κ3) is 3.34. The number of anilines is 1. The van der Waals surface area contributed by atoms with E-state index in [0.29, 0.717) is 11.1 Å². The molecule has 0 atom stereocenters. The number of nitrogens with zero attached hydrogens (tertiary/aromatic N) is 1. The molecular weight excluding hydrogens is 239 g/mol. The molecule has 0 unspecified atom stereocenters. The van der Waals surface area contributed by atoms with E-state index in [9.17, 15) is 13.2 Å². The van der Waals surface area contributed by atoms with E-state index in [-0.39, 0.29) is 10.8 Å². The fourth-order valence-corrected chi connectivity index (χ4v) is 1.44. The highest BCUT2D eigenvalue weighted by Gasteiger charge is 2.27. The van der Waals surface area contributed by atoms with Gasteiger partial charge in [-0.25, -0.2) is 4.98 Å². The summed E-state index contributed by atoms with van der Waals surface area (Å²) >= 11 is 4.76. The molecule has 1 aromatic rings. The summed E-state index contributed by atoms with van der Waals surface area (Å²) in [6.07, 6.45) is -2.91. The lowest BCUT2D eigenvalue weighted by molar-refractivity contribution is -0.115. The van der Waals surface area contributed by atoms with Crippen molar-refractivity contribution in [2.45, 2.75) is 13.1 Å². The van der Waals surface area contributed by atoms with Crippen LogP contribution in [0.15, 0.2) is 12.3 Å². The molecule has 3 nitrogen and oxygen atoms in total. The van der Waals surface area contributed by atoms with Gasteiger partial charge < -0.3 is 11.1 Å². The molecule has 1 heterocycles. The molecule has 0 spiro atoms. The second kappa shape index (κ2) is 4.65. The Morgan fingerprint density at radius 1 is 1.56 bits per heavy atom. The molecule has 1 rings (SSSR count).